The van der Waals surface area contributed by atoms with E-state index in [9.17, 15) is 14.7 Å². The standard InChI is InChI=1S/C29H25ClN2O4S/c1-3-4-14-36-21-7-5-6-19(16-21)26(33)24-25(18-9-11-20(30)12-10-18)32(28(35)27(24)34)29-31-22-13-8-17(2)15-23(22)37-29/h5-13,15-16,25,33H,3-4,14H2,1-2H3/b26-24+. The number of ketones is 1. The number of aryl methyl sites for hydroxylation is 1. The van der Waals surface area contributed by atoms with E-state index in [0.717, 1.165) is 28.6 Å². The van der Waals surface area contributed by atoms with E-state index in [1.807, 2.05) is 25.1 Å². The number of hydrogen-bond donors (Lipinski definition) is 1. The summed E-state index contributed by atoms with van der Waals surface area (Å²) in [5.74, 6) is -1.20. The first-order valence-corrected chi connectivity index (χ1v) is 13.2. The molecule has 188 valence electrons. The summed E-state index contributed by atoms with van der Waals surface area (Å²) in [4.78, 5) is 32.9. The van der Waals surface area contributed by atoms with Gasteiger partial charge < -0.3 is 9.84 Å². The second-order valence-electron chi connectivity index (χ2n) is 8.92. The zero-order valence-corrected chi connectivity index (χ0v) is 22.0. The Balaban J connectivity index is 1.64. The van der Waals surface area contributed by atoms with E-state index in [0.29, 0.717) is 33.6 Å². The average molecular weight is 533 g/mol. The van der Waals surface area contributed by atoms with Gasteiger partial charge in [-0.3, -0.25) is 14.5 Å². The Labute approximate surface area is 223 Å². The van der Waals surface area contributed by atoms with E-state index in [2.05, 4.69) is 11.9 Å². The van der Waals surface area contributed by atoms with Crippen LogP contribution in [-0.4, -0.2) is 28.4 Å². The maximum atomic E-state index is 13.4. The number of ether oxygens (including phenoxy) is 1. The molecule has 37 heavy (non-hydrogen) atoms. The first-order valence-electron chi connectivity index (χ1n) is 12.0. The lowest BCUT2D eigenvalue weighted by molar-refractivity contribution is -0.132. The van der Waals surface area contributed by atoms with Gasteiger partial charge in [0.05, 0.1) is 28.4 Å². The van der Waals surface area contributed by atoms with Gasteiger partial charge in [0.15, 0.2) is 5.13 Å². The molecule has 2 heterocycles. The number of hydrogen-bond acceptors (Lipinski definition) is 6. The van der Waals surface area contributed by atoms with Crippen molar-refractivity contribution >= 4 is 55.7 Å². The van der Waals surface area contributed by atoms with Crippen LogP contribution in [0.15, 0.2) is 72.3 Å². The second kappa shape index (κ2) is 10.4. The molecule has 1 unspecified atom stereocenters. The number of aromatic nitrogens is 1. The van der Waals surface area contributed by atoms with Gasteiger partial charge in [-0.1, -0.05) is 66.6 Å². The van der Waals surface area contributed by atoms with Crippen LogP contribution < -0.4 is 9.64 Å². The van der Waals surface area contributed by atoms with Crippen LogP contribution in [0.4, 0.5) is 5.13 Å². The highest BCUT2D eigenvalue weighted by molar-refractivity contribution is 7.22. The molecule has 1 saturated heterocycles. The molecule has 1 atom stereocenters. The number of Topliss-reactive ketones (excluding diaryl/α,β-unsaturated/α-hetero) is 1. The monoisotopic (exact) mass is 532 g/mol. The molecule has 0 saturated carbocycles. The van der Waals surface area contributed by atoms with Crippen molar-refractivity contribution in [1.29, 1.82) is 0 Å². The molecule has 1 aromatic heterocycles. The molecule has 4 aromatic rings. The first-order chi connectivity index (χ1) is 17.9. The predicted octanol–water partition coefficient (Wildman–Crippen LogP) is 7.06. The molecule has 1 N–H and O–H groups in total. The highest BCUT2D eigenvalue weighted by atomic mass is 35.5. The van der Waals surface area contributed by atoms with Crippen molar-refractivity contribution in [2.45, 2.75) is 32.7 Å². The van der Waals surface area contributed by atoms with E-state index in [1.165, 1.54) is 16.2 Å². The third kappa shape index (κ3) is 4.84. The van der Waals surface area contributed by atoms with Crippen LogP contribution in [0.3, 0.4) is 0 Å². The summed E-state index contributed by atoms with van der Waals surface area (Å²) in [5.41, 5.74) is 2.83. The van der Waals surface area contributed by atoms with E-state index in [4.69, 9.17) is 16.3 Å². The van der Waals surface area contributed by atoms with Crippen LogP contribution >= 0.6 is 22.9 Å². The minimum atomic E-state index is -0.872. The van der Waals surface area contributed by atoms with Gasteiger partial charge in [-0.25, -0.2) is 4.98 Å². The SMILES string of the molecule is CCCCOc1cccc(/C(O)=C2\C(=O)C(=O)N(c3nc4ccc(C)cc4s3)C2c2ccc(Cl)cc2)c1. The summed E-state index contributed by atoms with van der Waals surface area (Å²) >= 11 is 7.46. The Bertz CT molecular complexity index is 1530. The van der Waals surface area contributed by atoms with Gasteiger partial charge in [0.25, 0.3) is 5.78 Å². The topological polar surface area (TPSA) is 79.7 Å². The zero-order chi connectivity index (χ0) is 26.1. The van der Waals surface area contributed by atoms with Crippen LogP contribution in [0, 0.1) is 6.92 Å². The maximum Gasteiger partial charge on any atom is 0.301 e. The predicted molar refractivity (Wildman–Crippen MR) is 147 cm³/mol. The summed E-state index contributed by atoms with van der Waals surface area (Å²) in [7, 11) is 0. The summed E-state index contributed by atoms with van der Waals surface area (Å²) in [6.07, 6.45) is 1.90. The molecule has 8 heteroatoms. The normalized spacial score (nSPS) is 17.1. The quantitative estimate of drug-likeness (QED) is 0.119. The lowest BCUT2D eigenvalue weighted by atomic mass is 9.95. The molecule has 0 bridgehead atoms. The average Bonchev–Trinajstić information content (AvgIpc) is 3.42. The Hall–Kier alpha value is -3.68. The number of unbranched alkanes of at least 4 members (excludes halogenated alkanes) is 1. The van der Waals surface area contributed by atoms with Gasteiger partial charge >= 0.3 is 5.91 Å². The fourth-order valence-electron chi connectivity index (χ4n) is 4.34. The number of rotatable bonds is 7. The number of aliphatic hydroxyl groups excluding tert-OH is 1. The number of aliphatic hydroxyl groups is 1. The summed E-state index contributed by atoms with van der Waals surface area (Å²) in [6, 6.07) is 18.8. The van der Waals surface area contributed by atoms with Gasteiger partial charge in [0.2, 0.25) is 0 Å². The fraction of sp³-hybridized carbons (Fsp3) is 0.207. The van der Waals surface area contributed by atoms with Crippen LogP contribution in [0.1, 0.15) is 42.5 Å². The van der Waals surface area contributed by atoms with Crippen LogP contribution in [-0.2, 0) is 9.59 Å². The van der Waals surface area contributed by atoms with Crippen molar-refractivity contribution in [2.75, 3.05) is 11.5 Å². The molecule has 5 rings (SSSR count). The van der Waals surface area contributed by atoms with Gasteiger partial charge in [0, 0.05) is 10.6 Å². The van der Waals surface area contributed by atoms with Crippen LogP contribution in [0.2, 0.25) is 5.02 Å². The van der Waals surface area contributed by atoms with Crippen molar-refractivity contribution in [3.8, 4) is 5.75 Å². The molecular weight excluding hydrogens is 508 g/mol. The van der Waals surface area contributed by atoms with Crippen molar-refractivity contribution < 1.29 is 19.4 Å². The molecule has 1 amide bonds. The van der Waals surface area contributed by atoms with Crippen molar-refractivity contribution in [2.24, 2.45) is 0 Å². The number of amides is 1. The summed E-state index contributed by atoms with van der Waals surface area (Å²) in [6.45, 7) is 4.61. The van der Waals surface area contributed by atoms with Crippen molar-refractivity contribution in [3.05, 3.63) is 94.0 Å². The molecule has 0 spiro atoms. The fourth-order valence-corrected chi connectivity index (χ4v) is 5.55. The molecule has 3 aromatic carbocycles. The van der Waals surface area contributed by atoms with Gasteiger partial charge in [-0.05, 0) is 60.9 Å². The number of carbonyl (C=O) groups excluding carboxylic acids is 2. The molecule has 1 aliphatic rings. The van der Waals surface area contributed by atoms with Gasteiger partial charge in [-0.2, -0.15) is 0 Å². The lowest BCUT2D eigenvalue weighted by Gasteiger charge is -2.23. The molecular formula is C29H25ClN2O4S. The Morgan fingerprint density at radius 2 is 1.89 bits per heavy atom. The number of anilines is 1. The second-order valence-corrected chi connectivity index (χ2v) is 10.4. The first kappa shape index (κ1) is 25.0. The Morgan fingerprint density at radius 3 is 2.65 bits per heavy atom. The summed E-state index contributed by atoms with van der Waals surface area (Å²) < 4.78 is 6.69. The molecule has 1 fully saturated rings. The smallest absolute Gasteiger partial charge is 0.301 e. The largest absolute Gasteiger partial charge is 0.507 e. The van der Waals surface area contributed by atoms with Crippen molar-refractivity contribution in [1.82, 2.24) is 4.98 Å². The lowest BCUT2D eigenvalue weighted by Crippen LogP contribution is -2.29. The molecule has 6 nitrogen and oxygen atoms in total. The maximum absolute atomic E-state index is 13.4. The Kier molecular flexibility index (Phi) is 7.00. The number of fused-ring (bicyclic) bond motifs is 1. The van der Waals surface area contributed by atoms with E-state index in [-0.39, 0.29) is 11.3 Å². The molecule has 1 aliphatic heterocycles. The highest BCUT2D eigenvalue weighted by Crippen LogP contribution is 2.44. The minimum Gasteiger partial charge on any atom is -0.507 e. The number of benzene rings is 3. The van der Waals surface area contributed by atoms with Crippen molar-refractivity contribution in [3.63, 3.8) is 0 Å². The van der Waals surface area contributed by atoms with E-state index >= 15 is 0 Å². The molecule has 0 aliphatic carbocycles. The third-order valence-corrected chi connectivity index (χ3v) is 7.51. The zero-order valence-electron chi connectivity index (χ0n) is 20.4. The number of halogens is 1. The highest BCUT2D eigenvalue weighted by Gasteiger charge is 2.48. The van der Waals surface area contributed by atoms with E-state index < -0.39 is 17.7 Å². The van der Waals surface area contributed by atoms with Crippen LogP contribution in [0.5, 0.6) is 5.75 Å². The minimum absolute atomic E-state index is 0.00605. The summed E-state index contributed by atoms with van der Waals surface area (Å²) in [5, 5.41) is 12.3. The third-order valence-electron chi connectivity index (χ3n) is 6.24. The number of nitrogens with zero attached hydrogens (tertiary/aromatic N) is 2. The van der Waals surface area contributed by atoms with Crippen LogP contribution in [0.25, 0.3) is 16.0 Å². The van der Waals surface area contributed by atoms with Gasteiger partial charge in [-0.15, -0.1) is 0 Å². The van der Waals surface area contributed by atoms with Gasteiger partial charge in [0.1, 0.15) is 11.5 Å². The van der Waals surface area contributed by atoms with E-state index in [1.54, 1.807) is 48.5 Å². The molecule has 0 radical (unpaired) electrons. The Morgan fingerprint density at radius 1 is 1.11 bits per heavy atom. The number of carbonyl (C=O) groups is 2. The number of thiazole rings is 1.